The quantitative estimate of drug-likeness (QED) is 0.0657. The highest BCUT2D eigenvalue weighted by Crippen LogP contribution is 2.42. The number of hydrogen-bond donors (Lipinski definition) is 4. The van der Waals surface area contributed by atoms with Gasteiger partial charge < -0.3 is 45.3 Å². The molecule has 0 saturated heterocycles. The van der Waals surface area contributed by atoms with E-state index in [0.29, 0.717) is 90.8 Å². The van der Waals surface area contributed by atoms with E-state index < -0.39 is 41.7 Å². The fraction of sp³-hybridized carbons (Fsp3) is 0.721. The summed E-state index contributed by atoms with van der Waals surface area (Å²) in [5.74, 6) is 10.4. The number of carboxylic acids is 2. The first-order valence-electron chi connectivity index (χ1n) is 31.3. The van der Waals surface area contributed by atoms with Gasteiger partial charge in [-0.05, 0) is 201 Å². The number of alkyl carbamates (subject to hydrolysis) is 1. The molecule has 6 rings (SSSR count). The van der Waals surface area contributed by atoms with Gasteiger partial charge in [0.05, 0.1) is 21.1 Å². The summed E-state index contributed by atoms with van der Waals surface area (Å²) < 4.78 is 17.1. The Morgan fingerprint density at radius 2 is 0.965 bits per heavy atom. The fourth-order valence-corrected chi connectivity index (χ4v) is 13.0. The van der Waals surface area contributed by atoms with Crippen molar-refractivity contribution in [2.24, 2.45) is 52.1 Å². The van der Waals surface area contributed by atoms with Crippen molar-refractivity contribution in [2.45, 2.75) is 269 Å². The standard InChI is InChI=1S/C36H54N2O7S.C31H46N2O5S.CH4.H2/c1-10-23(3)29(37-34(43)45-36(7,8)9)33(42)44-26-17-15-25(16-18-26)38(31(39)24-13-11-22(2)12-14-24)28-21-27(19-20-35(4,5)6)46-30(28)32(40)41;1-7-20(3)26(32)30(37)38-23-14-12-22(13-15-23)33(28(34)21-10-8-19(2)9-11-21)25-18-24(16-17-31(4,5)6)39-27(25)29(35)36;;/h21-26,29H,10-18H2,1-9H3,(H,37,43)(H,40,41);18-23,26H,7-15,32H2,1-6H3,(H,35,36);1H4;1H/t22?,23-,24?,25?,26?,29?;19?,20-,21?,22?,23?,26+;;/m10../s1/i;;;1+1. The molecule has 0 bridgehead atoms. The summed E-state index contributed by atoms with van der Waals surface area (Å²) in [5.41, 5.74) is 5.76. The van der Waals surface area contributed by atoms with Crippen molar-refractivity contribution in [1.29, 1.82) is 0 Å². The van der Waals surface area contributed by atoms with E-state index in [9.17, 15) is 43.8 Å². The third-order valence-electron chi connectivity index (χ3n) is 16.9. The van der Waals surface area contributed by atoms with Crippen molar-refractivity contribution in [1.82, 2.24) is 5.32 Å². The van der Waals surface area contributed by atoms with E-state index in [1.807, 2.05) is 69.2 Å². The van der Waals surface area contributed by atoms with Gasteiger partial charge in [-0.25, -0.2) is 19.2 Å². The first-order valence-corrected chi connectivity index (χ1v) is 32.9. The summed E-state index contributed by atoms with van der Waals surface area (Å²) in [6.07, 6.45) is 12.0. The molecule has 0 aliphatic heterocycles. The van der Waals surface area contributed by atoms with Crippen LogP contribution in [0.15, 0.2) is 12.1 Å². The Hall–Kier alpha value is -5.43. The van der Waals surface area contributed by atoms with Crippen LogP contribution in [0.1, 0.15) is 257 Å². The van der Waals surface area contributed by atoms with Gasteiger partial charge >= 0.3 is 30.0 Å². The highest BCUT2D eigenvalue weighted by molar-refractivity contribution is 7.15. The minimum absolute atomic E-state index is 0. The number of esters is 2. The Morgan fingerprint density at radius 1 is 0.605 bits per heavy atom. The molecule has 3 amide bonds. The molecule has 2 aromatic rings. The zero-order valence-corrected chi connectivity index (χ0v) is 55.2. The van der Waals surface area contributed by atoms with Gasteiger partial charge in [-0.15, -0.1) is 22.7 Å². The fourth-order valence-electron chi connectivity index (χ4n) is 11.4. The lowest BCUT2D eigenvalue weighted by atomic mass is 9.81. The van der Waals surface area contributed by atoms with E-state index in [0.717, 1.165) is 80.5 Å². The van der Waals surface area contributed by atoms with Gasteiger partial charge in [-0.2, -0.15) is 0 Å². The zero-order valence-electron chi connectivity index (χ0n) is 53.6. The van der Waals surface area contributed by atoms with E-state index in [-0.39, 0.29) is 95.2 Å². The number of nitrogens with one attached hydrogen (secondary N) is 1. The average Bonchev–Trinajstić information content (AvgIpc) is 1.85. The predicted octanol–water partition coefficient (Wildman–Crippen LogP) is 14.9. The second-order valence-electron chi connectivity index (χ2n) is 27.7. The Morgan fingerprint density at radius 3 is 1.29 bits per heavy atom. The van der Waals surface area contributed by atoms with Crippen LogP contribution in [-0.2, 0) is 33.4 Å². The van der Waals surface area contributed by atoms with Crippen LogP contribution in [0.25, 0.3) is 0 Å². The van der Waals surface area contributed by atoms with Crippen molar-refractivity contribution in [3.8, 4) is 23.7 Å². The van der Waals surface area contributed by atoms with Gasteiger partial charge in [0.2, 0.25) is 11.8 Å². The van der Waals surface area contributed by atoms with Crippen LogP contribution in [0.4, 0.5) is 16.2 Å². The Kier molecular flexibility index (Phi) is 27.3. The number of ether oxygens (including phenoxy) is 3. The minimum Gasteiger partial charge on any atom is -0.477 e. The van der Waals surface area contributed by atoms with E-state index >= 15 is 0 Å². The van der Waals surface area contributed by atoms with Crippen molar-refractivity contribution in [3.05, 3.63) is 31.6 Å². The maximum absolute atomic E-state index is 14.2. The summed E-state index contributed by atoms with van der Waals surface area (Å²) in [6, 6.07) is 1.67. The second kappa shape index (κ2) is 32.2. The molecule has 86 heavy (non-hydrogen) atoms. The Labute approximate surface area is 524 Å². The number of aromatic carboxylic acids is 2. The smallest absolute Gasteiger partial charge is 0.408 e. The van der Waals surface area contributed by atoms with Crippen LogP contribution in [0.3, 0.4) is 0 Å². The van der Waals surface area contributed by atoms with Gasteiger partial charge in [-0.3, -0.25) is 14.4 Å². The summed E-state index contributed by atoms with van der Waals surface area (Å²) >= 11 is 2.24. The van der Waals surface area contributed by atoms with E-state index in [1.54, 1.807) is 42.7 Å². The first kappa shape index (κ1) is 73.0. The van der Waals surface area contributed by atoms with Gasteiger partial charge in [0.1, 0.15) is 39.6 Å². The number of rotatable bonds is 17. The molecule has 4 aliphatic carbocycles. The van der Waals surface area contributed by atoms with Crippen molar-refractivity contribution in [3.63, 3.8) is 0 Å². The van der Waals surface area contributed by atoms with Gasteiger partial charge in [0.15, 0.2) is 0 Å². The molecule has 2 aromatic heterocycles. The molecule has 0 radical (unpaired) electrons. The third kappa shape index (κ3) is 21.7. The molecule has 4 fully saturated rings. The second-order valence-corrected chi connectivity index (χ2v) is 29.9. The van der Waals surface area contributed by atoms with Crippen LogP contribution in [-0.4, -0.2) is 94.0 Å². The molecule has 482 valence electrons. The number of thiophene rings is 2. The molecule has 0 spiro atoms. The summed E-state index contributed by atoms with van der Waals surface area (Å²) in [7, 11) is 0. The number of amides is 3. The molecular weight excluding hydrogens is 1130 g/mol. The first-order chi connectivity index (χ1) is 39.7. The predicted molar refractivity (Wildman–Crippen MR) is 346 cm³/mol. The number of hydrogen-bond acceptors (Lipinski definition) is 13. The van der Waals surface area contributed by atoms with Crippen LogP contribution in [0.2, 0.25) is 0 Å². The molecule has 18 heteroatoms. The minimum atomic E-state index is -1.07. The average molecular weight is 1240 g/mol. The van der Waals surface area contributed by atoms with Crippen molar-refractivity contribution in [2.75, 3.05) is 9.80 Å². The van der Waals surface area contributed by atoms with Crippen molar-refractivity contribution >= 4 is 75.8 Å². The molecular formula is C68H106N4O12S2. The van der Waals surface area contributed by atoms with Gasteiger partial charge in [0.25, 0.3) is 0 Å². The SMILES string of the molecule is C.CC[C@@H](C)C(NC(=O)OC(C)(C)C)C(=O)OC1CCC(N(C(=O)C2CCC(C)CC2)c2cc(C#CC(C)(C)C)sc2C(=O)O)CC1.CC[C@H](C)[C@@H](N)C(=O)OC1CCC(N(C(=O)C2CCC(C)CC2)c2cc(C#CC(C)(C)C)sc2C(=O)O)CC1.[2HH]. The van der Waals surface area contributed by atoms with Crippen LogP contribution in [0, 0.1) is 70.0 Å². The maximum atomic E-state index is 14.2. The zero-order chi connectivity index (χ0) is 63.3. The molecule has 5 N–H and O–H groups in total. The number of carboxylic acid groups (broad SMARTS) is 2. The molecule has 2 heterocycles. The molecule has 16 nitrogen and oxygen atoms in total. The molecule has 4 aliphatic rings. The molecule has 4 atom stereocenters. The van der Waals surface area contributed by atoms with Crippen LogP contribution < -0.4 is 20.9 Å². The number of nitrogens with two attached hydrogens (primary N) is 1. The number of carbonyl (C=O) groups is 7. The van der Waals surface area contributed by atoms with Gasteiger partial charge in [0, 0.05) is 36.2 Å². The lowest BCUT2D eigenvalue weighted by Crippen LogP contribution is -2.50. The maximum Gasteiger partial charge on any atom is 0.408 e. The van der Waals surface area contributed by atoms with E-state index in [4.69, 9.17) is 19.9 Å². The highest BCUT2D eigenvalue weighted by Gasteiger charge is 2.41. The topological polar surface area (TPSA) is 232 Å². The summed E-state index contributed by atoms with van der Waals surface area (Å²) in [5, 5.41) is 23.0. The monoisotopic (exact) mass is 1240 g/mol. The molecule has 4 saturated carbocycles. The molecule has 1 unspecified atom stereocenters. The van der Waals surface area contributed by atoms with Crippen LogP contribution >= 0.6 is 22.7 Å². The normalized spacial score (nSPS) is 23.8. The third-order valence-corrected chi connectivity index (χ3v) is 19.0. The van der Waals surface area contributed by atoms with Gasteiger partial charge in [-0.1, -0.05) is 85.5 Å². The lowest BCUT2D eigenvalue weighted by molar-refractivity contribution is -0.155. The number of carbonyl (C=O) groups excluding carboxylic acids is 5. The number of anilines is 2. The largest absolute Gasteiger partial charge is 0.477 e. The summed E-state index contributed by atoms with van der Waals surface area (Å²) in [6.45, 7) is 29.5. The van der Waals surface area contributed by atoms with E-state index in [2.05, 4.69) is 42.8 Å². The van der Waals surface area contributed by atoms with E-state index in [1.165, 1.54) is 0 Å². The highest BCUT2D eigenvalue weighted by atomic mass is 32.1. The number of nitrogens with zero attached hydrogens (tertiary/aromatic N) is 2. The Bertz CT molecular complexity index is 2750. The van der Waals surface area contributed by atoms with Crippen LogP contribution in [0.5, 0.6) is 0 Å². The van der Waals surface area contributed by atoms with Crippen molar-refractivity contribution < 1.29 is 59.4 Å². The molecule has 0 aromatic carbocycles. The lowest BCUT2D eigenvalue weighted by Gasteiger charge is -2.39. The Balaban J connectivity index is 0.000000451. The summed E-state index contributed by atoms with van der Waals surface area (Å²) in [4.78, 5) is 96.5.